The van der Waals surface area contributed by atoms with E-state index >= 15 is 0 Å². The van der Waals surface area contributed by atoms with E-state index in [1.54, 1.807) is 13.4 Å². The highest BCUT2D eigenvalue weighted by molar-refractivity contribution is 7.77. The maximum atomic E-state index is 10.5. The van der Waals surface area contributed by atoms with Gasteiger partial charge in [0.2, 0.25) is 0 Å². The molecule has 0 amide bonds. The largest absolute Gasteiger partial charge is 0.760 e. The molecule has 1 aromatic heterocycles. The Morgan fingerprint density at radius 3 is 2.73 bits per heavy atom. The molecule has 0 spiro atoms. The van der Waals surface area contributed by atoms with E-state index in [-0.39, 0.29) is 6.54 Å². The molecule has 0 aliphatic rings. The lowest BCUT2D eigenvalue weighted by molar-refractivity contribution is 0.415. The van der Waals surface area contributed by atoms with Crippen molar-refractivity contribution in [1.29, 1.82) is 0 Å². The summed E-state index contributed by atoms with van der Waals surface area (Å²) in [6, 6.07) is 13.3. The van der Waals surface area contributed by atoms with E-state index in [2.05, 4.69) is 9.71 Å². The van der Waals surface area contributed by atoms with Crippen molar-refractivity contribution in [2.75, 3.05) is 7.11 Å². The van der Waals surface area contributed by atoms with E-state index < -0.39 is 11.3 Å². The van der Waals surface area contributed by atoms with Gasteiger partial charge in [-0.05, 0) is 29.8 Å². The van der Waals surface area contributed by atoms with Crippen LogP contribution in [0.25, 0.3) is 16.7 Å². The fourth-order valence-corrected chi connectivity index (χ4v) is 2.53. The molecule has 7 heteroatoms. The van der Waals surface area contributed by atoms with Crippen LogP contribution in [0.5, 0.6) is 5.75 Å². The molecule has 0 saturated carbocycles. The van der Waals surface area contributed by atoms with Crippen LogP contribution in [0.15, 0.2) is 48.8 Å². The van der Waals surface area contributed by atoms with Gasteiger partial charge in [-0.25, -0.2) is 9.71 Å². The molecule has 1 unspecified atom stereocenters. The monoisotopic (exact) mass is 316 g/mol. The Balaban J connectivity index is 1.89. The average Bonchev–Trinajstić information content (AvgIpc) is 2.96. The Kier molecular flexibility index (Phi) is 4.19. The second-order valence-electron chi connectivity index (χ2n) is 4.69. The second-order valence-corrected chi connectivity index (χ2v) is 5.45. The minimum absolute atomic E-state index is 0.276. The smallest absolute Gasteiger partial charge is 0.121 e. The number of nitrogens with zero attached hydrogens (tertiary/aromatic N) is 2. The molecule has 0 fully saturated rings. The standard InChI is InChI=1S/C15H15N3O3S/c1-21-13-6-7-15-14(8-13)16-10-18(15)12-4-2-11(3-5-12)9-17-22(19)20/h2-8,10,17H,9H2,1H3,(H,19,20)/p-1. The highest BCUT2D eigenvalue weighted by Gasteiger charge is 2.06. The number of methoxy groups -OCH3 is 1. The van der Waals surface area contributed by atoms with E-state index in [4.69, 9.17) is 4.74 Å². The first-order chi connectivity index (χ1) is 10.7. The summed E-state index contributed by atoms with van der Waals surface area (Å²) in [7, 11) is 1.62. The quantitative estimate of drug-likeness (QED) is 0.729. The number of aromatic nitrogens is 2. The zero-order chi connectivity index (χ0) is 15.5. The van der Waals surface area contributed by atoms with E-state index in [1.165, 1.54) is 0 Å². The Labute approximate surface area is 130 Å². The van der Waals surface area contributed by atoms with Crippen molar-refractivity contribution in [3.8, 4) is 11.4 Å². The molecule has 6 nitrogen and oxygen atoms in total. The van der Waals surface area contributed by atoms with Crippen molar-refractivity contribution in [2.24, 2.45) is 0 Å². The van der Waals surface area contributed by atoms with Crippen LogP contribution in [0, 0.1) is 0 Å². The summed E-state index contributed by atoms with van der Waals surface area (Å²) in [4.78, 5) is 4.37. The van der Waals surface area contributed by atoms with Gasteiger partial charge in [-0.3, -0.25) is 8.78 Å². The lowest BCUT2D eigenvalue weighted by atomic mass is 10.2. The summed E-state index contributed by atoms with van der Waals surface area (Å²) >= 11 is -2.25. The van der Waals surface area contributed by atoms with Crippen LogP contribution in [0.3, 0.4) is 0 Å². The molecular formula is C15H14N3O3S-. The fraction of sp³-hybridized carbons (Fsp3) is 0.133. The first-order valence-electron chi connectivity index (χ1n) is 6.60. The molecular weight excluding hydrogens is 302 g/mol. The van der Waals surface area contributed by atoms with Crippen molar-refractivity contribution >= 4 is 22.3 Å². The minimum atomic E-state index is -2.25. The van der Waals surface area contributed by atoms with Crippen LogP contribution in [0.1, 0.15) is 5.56 Å². The Hall–Kier alpha value is -2.22. The van der Waals surface area contributed by atoms with Crippen LogP contribution in [0.2, 0.25) is 0 Å². The average molecular weight is 316 g/mol. The summed E-state index contributed by atoms with van der Waals surface area (Å²) in [5.41, 5.74) is 3.68. The number of hydrogen-bond donors (Lipinski definition) is 1. The summed E-state index contributed by atoms with van der Waals surface area (Å²) < 4.78 is 30.5. The highest BCUT2D eigenvalue weighted by atomic mass is 32.2. The molecule has 0 saturated heterocycles. The number of nitrogens with one attached hydrogen (secondary N) is 1. The van der Waals surface area contributed by atoms with Crippen LogP contribution < -0.4 is 9.46 Å². The zero-order valence-electron chi connectivity index (χ0n) is 11.9. The van der Waals surface area contributed by atoms with E-state index in [1.807, 2.05) is 47.0 Å². The molecule has 1 N–H and O–H groups in total. The van der Waals surface area contributed by atoms with Crippen molar-refractivity contribution in [3.05, 3.63) is 54.4 Å². The van der Waals surface area contributed by atoms with Crippen molar-refractivity contribution in [1.82, 2.24) is 14.3 Å². The number of rotatable bonds is 5. The topological polar surface area (TPSA) is 79.2 Å². The third kappa shape index (κ3) is 3.01. The molecule has 22 heavy (non-hydrogen) atoms. The second kappa shape index (κ2) is 6.27. The lowest BCUT2D eigenvalue weighted by Crippen LogP contribution is -2.15. The van der Waals surface area contributed by atoms with Gasteiger partial charge >= 0.3 is 0 Å². The van der Waals surface area contributed by atoms with E-state index in [0.717, 1.165) is 28.0 Å². The van der Waals surface area contributed by atoms with Crippen molar-refractivity contribution < 1.29 is 13.5 Å². The highest BCUT2D eigenvalue weighted by Crippen LogP contribution is 2.22. The zero-order valence-corrected chi connectivity index (χ0v) is 12.7. The number of fused-ring (bicyclic) bond motifs is 1. The minimum Gasteiger partial charge on any atom is -0.760 e. The van der Waals surface area contributed by atoms with Gasteiger partial charge in [-0.15, -0.1) is 0 Å². The van der Waals surface area contributed by atoms with Gasteiger partial charge < -0.3 is 9.29 Å². The molecule has 114 valence electrons. The maximum Gasteiger partial charge on any atom is 0.121 e. The Morgan fingerprint density at radius 1 is 1.27 bits per heavy atom. The van der Waals surface area contributed by atoms with Gasteiger partial charge in [-0.2, -0.15) is 0 Å². The molecule has 2 aromatic carbocycles. The third-order valence-electron chi connectivity index (χ3n) is 3.36. The maximum absolute atomic E-state index is 10.5. The SMILES string of the molecule is COc1ccc2c(c1)ncn2-c1ccc(CNS(=O)[O-])cc1. The summed E-state index contributed by atoms with van der Waals surface area (Å²) in [5, 5.41) is 0. The van der Waals surface area contributed by atoms with Gasteiger partial charge in [0, 0.05) is 29.6 Å². The molecule has 3 rings (SSSR count). The van der Waals surface area contributed by atoms with Gasteiger partial charge in [0.25, 0.3) is 0 Å². The van der Waals surface area contributed by atoms with Crippen LogP contribution >= 0.6 is 0 Å². The van der Waals surface area contributed by atoms with Gasteiger partial charge in [0.15, 0.2) is 0 Å². The van der Waals surface area contributed by atoms with Gasteiger partial charge in [-0.1, -0.05) is 12.1 Å². The van der Waals surface area contributed by atoms with Crippen LogP contribution in [-0.4, -0.2) is 25.4 Å². The molecule has 0 bridgehead atoms. The van der Waals surface area contributed by atoms with Crippen molar-refractivity contribution in [3.63, 3.8) is 0 Å². The van der Waals surface area contributed by atoms with E-state index in [9.17, 15) is 8.76 Å². The first kappa shape index (κ1) is 14.7. The number of benzene rings is 2. The summed E-state index contributed by atoms with van der Waals surface area (Å²) in [5.74, 6) is 0.768. The Bertz CT molecular complexity index is 815. The molecule has 3 aromatic rings. The first-order valence-corrected chi connectivity index (χ1v) is 7.68. The lowest BCUT2D eigenvalue weighted by Gasteiger charge is -2.09. The number of imidazole rings is 1. The van der Waals surface area contributed by atoms with Crippen molar-refractivity contribution in [2.45, 2.75) is 6.54 Å². The molecule has 0 radical (unpaired) electrons. The number of hydrogen-bond acceptors (Lipinski definition) is 4. The summed E-state index contributed by atoms with van der Waals surface area (Å²) in [6.45, 7) is 0.276. The predicted octanol–water partition coefficient (Wildman–Crippen LogP) is 1.92. The van der Waals surface area contributed by atoms with Crippen LogP contribution in [-0.2, 0) is 17.8 Å². The molecule has 0 aliphatic heterocycles. The van der Waals surface area contributed by atoms with Crippen LogP contribution in [0.4, 0.5) is 0 Å². The normalized spacial score (nSPS) is 12.5. The molecule has 0 aliphatic carbocycles. The molecule has 1 atom stereocenters. The van der Waals surface area contributed by atoms with Gasteiger partial charge in [0.05, 0.1) is 18.1 Å². The van der Waals surface area contributed by atoms with Gasteiger partial charge in [0.1, 0.15) is 12.1 Å². The molecule has 1 heterocycles. The van der Waals surface area contributed by atoms with E-state index in [0.29, 0.717) is 0 Å². The predicted molar refractivity (Wildman–Crippen MR) is 83.4 cm³/mol. The fourth-order valence-electron chi connectivity index (χ4n) is 2.24. The third-order valence-corrected chi connectivity index (χ3v) is 3.74. The summed E-state index contributed by atoms with van der Waals surface area (Å²) in [6.07, 6.45) is 1.75. The Morgan fingerprint density at radius 2 is 2.05 bits per heavy atom. The number of ether oxygens (including phenoxy) is 1.